The van der Waals surface area contributed by atoms with Gasteiger partial charge in [-0.25, -0.2) is 4.79 Å². The lowest BCUT2D eigenvalue weighted by Gasteiger charge is -2.28. The van der Waals surface area contributed by atoms with E-state index in [1.54, 1.807) is 30.4 Å². The molecule has 6 heteroatoms. The van der Waals surface area contributed by atoms with Gasteiger partial charge < -0.3 is 14.7 Å². The summed E-state index contributed by atoms with van der Waals surface area (Å²) in [5.74, 6) is 0. The first-order valence-corrected chi connectivity index (χ1v) is 7.66. The average Bonchev–Trinajstić information content (AvgIpc) is 2.99. The molecule has 0 fully saturated rings. The number of rotatable bonds is 5. The molecule has 6 nitrogen and oxygen atoms in total. The van der Waals surface area contributed by atoms with Crippen LogP contribution in [0.2, 0.25) is 0 Å². The summed E-state index contributed by atoms with van der Waals surface area (Å²) in [7, 11) is 1.74. The SMILES string of the molecule is CN(Cc1ccon1)C(=O)N[C@@H](CC(C)(C)C)c1cccnc1. The van der Waals surface area contributed by atoms with Crippen molar-refractivity contribution < 1.29 is 9.32 Å². The molecule has 124 valence electrons. The highest BCUT2D eigenvalue weighted by Crippen LogP contribution is 2.29. The number of urea groups is 1. The third-order valence-electron chi connectivity index (χ3n) is 3.44. The Morgan fingerprint density at radius 1 is 1.39 bits per heavy atom. The van der Waals surface area contributed by atoms with E-state index in [2.05, 4.69) is 36.2 Å². The van der Waals surface area contributed by atoms with Crippen LogP contribution in [0.5, 0.6) is 0 Å². The van der Waals surface area contributed by atoms with Crippen molar-refractivity contribution in [2.24, 2.45) is 5.41 Å². The summed E-state index contributed by atoms with van der Waals surface area (Å²) in [6.07, 6.45) is 5.85. The number of amides is 2. The van der Waals surface area contributed by atoms with Crippen LogP contribution in [-0.2, 0) is 6.54 Å². The first kappa shape index (κ1) is 17.0. The summed E-state index contributed by atoms with van der Waals surface area (Å²) in [6, 6.07) is 5.39. The van der Waals surface area contributed by atoms with Gasteiger partial charge in [0.2, 0.25) is 0 Å². The smallest absolute Gasteiger partial charge is 0.317 e. The third kappa shape index (κ3) is 5.39. The van der Waals surface area contributed by atoms with E-state index < -0.39 is 0 Å². The minimum absolute atomic E-state index is 0.0818. The molecule has 2 amide bonds. The topological polar surface area (TPSA) is 71.3 Å². The van der Waals surface area contributed by atoms with Gasteiger partial charge in [-0.3, -0.25) is 4.98 Å². The van der Waals surface area contributed by atoms with E-state index in [0.717, 1.165) is 17.7 Å². The Morgan fingerprint density at radius 3 is 2.74 bits per heavy atom. The van der Waals surface area contributed by atoms with Gasteiger partial charge in [-0.05, 0) is 23.5 Å². The standard InChI is InChI=1S/C17H24N4O2/c1-17(2,3)10-15(13-6-5-8-18-11-13)19-16(22)21(4)12-14-7-9-23-20-14/h5-9,11,15H,10,12H2,1-4H3,(H,19,22)/t15-/m0/s1. The predicted octanol–water partition coefficient (Wildman–Crippen LogP) is 3.39. The monoisotopic (exact) mass is 316 g/mol. The quantitative estimate of drug-likeness (QED) is 0.918. The minimum Gasteiger partial charge on any atom is -0.364 e. The summed E-state index contributed by atoms with van der Waals surface area (Å²) in [6.45, 7) is 6.86. The van der Waals surface area contributed by atoms with Crippen LogP contribution in [-0.4, -0.2) is 28.1 Å². The number of nitrogens with one attached hydrogen (secondary N) is 1. The molecular formula is C17H24N4O2. The summed E-state index contributed by atoms with van der Waals surface area (Å²) in [5.41, 5.74) is 1.81. The van der Waals surface area contributed by atoms with Crippen LogP contribution in [0.4, 0.5) is 4.79 Å². The van der Waals surface area contributed by atoms with Gasteiger partial charge in [-0.2, -0.15) is 0 Å². The molecule has 0 saturated heterocycles. The summed E-state index contributed by atoms with van der Waals surface area (Å²) < 4.78 is 4.79. The molecule has 2 aromatic rings. The fourth-order valence-electron chi connectivity index (χ4n) is 2.34. The van der Waals surface area contributed by atoms with Crippen LogP contribution in [0.15, 0.2) is 41.4 Å². The molecule has 2 heterocycles. The maximum Gasteiger partial charge on any atom is 0.317 e. The largest absolute Gasteiger partial charge is 0.364 e. The lowest BCUT2D eigenvalue weighted by molar-refractivity contribution is 0.196. The van der Waals surface area contributed by atoms with Gasteiger partial charge in [-0.1, -0.05) is 32.0 Å². The summed E-state index contributed by atoms with van der Waals surface area (Å²) in [4.78, 5) is 18.2. The van der Waals surface area contributed by atoms with E-state index in [1.807, 2.05) is 12.1 Å². The lowest BCUT2D eigenvalue weighted by atomic mass is 9.86. The molecule has 1 N–H and O–H groups in total. The summed E-state index contributed by atoms with van der Waals surface area (Å²) >= 11 is 0. The number of carbonyl (C=O) groups is 1. The van der Waals surface area contributed by atoms with Gasteiger partial charge in [0.25, 0.3) is 0 Å². The number of hydrogen-bond donors (Lipinski definition) is 1. The maximum atomic E-state index is 12.5. The van der Waals surface area contributed by atoms with Crippen LogP contribution < -0.4 is 5.32 Å². The van der Waals surface area contributed by atoms with Gasteiger partial charge in [0.15, 0.2) is 0 Å². The van der Waals surface area contributed by atoms with Crippen LogP contribution >= 0.6 is 0 Å². The van der Waals surface area contributed by atoms with Gasteiger partial charge in [0.05, 0.1) is 12.6 Å². The summed E-state index contributed by atoms with van der Waals surface area (Å²) in [5, 5.41) is 6.92. The molecule has 0 unspecified atom stereocenters. The minimum atomic E-state index is -0.147. The number of hydrogen-bond acceptors (Lipinski definition) is 4. The van der Waals surface area contributed by atoms with Crippen molar-refractivity contribution in [3.05, 3.63) is 48.1 Å². The highest BCUT2D eigenvalue weighted by molar-refractivity contribution is 5.74. The number of aromatic nitrogens is 2. The zero-order valence-electron chi connectivity index (χ0n) is 14.1. The zero-order chi connectivity index (χ0) is 16.9. The normalized spacial score (nSPS) is 12.7. The number of carbonyl (C=O) groups excluding carboxylic acids is 1. The number of pyridine rings is 1. The van der Waals surface area contributed by atoms with E-state index in [4.69, 9.17) is 4.52 Å². The molecule has 0 bridgehead atoms. The van der Waals surface area contributed by atoms with Crippen LogP contribution in [0.3, 0.4) is 0 Å². The second-order valence-electron chi connectivity index (χ2n) is 6.90. The predicted molar refractivity (Wildman–Crippen MR) is 87.6 cm³/mol. The highest BCUT2D eigenvalue weighted by Gasteiger charge is 2.23. The molecule has 0 aliphatic heterocycles. The van der Waals surface area contributed by atoms with E-state index >= 15 is 0 Å². The van der Waals surface area contributed by atoms with Crippen molar-refractivity contribution in [3.63, 3.8) is 0 Å². The molecule has 0 aromatic carbocycles. The van der Waals surface area contributed by atoms with Gasteiger partial charge in [0, 0.05) is 25.5 Å². The molecule has 2 aromatic heterocycles. The van der Waals surface area contributed by atoms with Gasteiger partial charge >= 0.3 is 6.03 Å². The van der Waals surface area contributed by atoms with Crippen LogP contribution in [0.1, 0.15) is 44.5 Å². The lowest BCUT2D eigenvalue weighted by Crippen LogP contribution is -2.40. The third-order valence-corrected chi connectivity index (χ3v) is 3.44. The molecule has 1 atom stereocenters. The average molecular weight is 316 g/mol. The second kappa shape index (κ2) is 7.26. The first-order valence-electron chi connectivity index (χ1n) is 7.66. The molecular weight excluding hydrogens is 292 g/mol. The zero-order valence-corrected chi connectivity index (χ0v) is 14.1. The van der Waals surface area contributed by atoms with E-state index in [9.17, 15) is 4.79 Å². The van der Waals surface area contributed by atoms with Crippen molar-refractivity contribution in [2.45, 2.75) is 39.8 Å². The Balaban J connectivity index is 2.06. The molecule has 0 aliphatic carbocycles. The van der Waals surface area contributed by atoms with E-state index in [-0.39, 0.29) is 17.5 Å². The Morgan fingerprint density at radius 2 is 2.17 bits per heavy atom. The molecule has 0 saturated carbocycles. The van der Waals surface area contributed by atoms with E-state index in [1.165, 1.54) is 6.26 Å². The molecule has 0 radical (unpaired) electrons. The number of nitrogens with zero attached hydrogens (tertiary/aromatic N) is 3. The Kier molecular flexibility index (Phi) is 5.36. The molecule has 0 spiro atoms. The van der Waals surface area contributed by atoms with E-state index in [0.29, 0.717) is 6.54 Å². The fourth-order valence-corrected chi connectivity index (χ4v) is 2.34. The fraction of sp³-hybridized carbons (Fsp3) is 0.471. The van der Waals surface area contributed by atoms with Crippen molar-refractivity contribution in [2.75, 3.05) is 7.05 Å². The second-order valence-corrected chi connectivity index (χ2v) is 6.90. The highest BCUT2D eigenvalue weighted by atomic mass is 16.5. The molecule has 23 heavy (non-hydrogen) atoms. The maximum absolute atomic E-state index is 12.5. The molecule has 2 rings (SSSR count). The first-order chi connectivity index (χ1) is 10.8. The van der Waals surface area contributed by atoms with Gasteiger partial charge in [-0.15, -0.1) is 0 Å². The van der Waals surface area contributed by atoms with Crippen molar-refractivity contribution in [3.8, 4) is 0 Å². The van der Waals surface area contributed by atoms with Gasteiger partial charge in [0.1, 0.15) is 12.0 Å². The Labute approximate surface area is 136 Å². The Bertz CT molecular complexity index is 605. The van der Waals surface area contributed by atoms with Crippen molar-refractivity contribution in [1.29, 1.82) is 0 Å². The molecule has 0 aliphatic rings. The Hall–Kier alpha value is -2.37. The van der Waals surface area contributed by atoms with Crippen LogP contribution in [0, 0.1) is 5.41 Å². The van der Waals surface area contributed by atoms with Crippen molar-refractivity contribution >= 4 is 6.03 Å². The van der Waals surface area contributed by atoms with Crippen LogP contribution in [0.25, 0.3) is 0 Å². The van der Waals surface area contributed by atoms with Crippen molar-refractivity contribution in [1.82, 2.24) is 20.4 Å².